The standard InChI is InChI=1S/C30H27BrClN5O4/c31-21-4-1-5-22(32)24(21)26-36-30(8-11-41-12-9-30)28(40)37(26)16-23(38)34-19-7-6-17-14-29(15-18(17)13-19)20-3-2-10-33-25(20)35-27(29)39/h1-7,13,33H,8-12,14-16H2,(H,34,38)(H,35,39). The van der Waals surface area contributed by atoms with Crippen LogP contribution < -0.4 is 16.0 Å². The van der Waals surface area contributed by atoms with E-state index in [1.54, 1.807) is 12.1 Å². The van der Waals surface area contributed by atoms with Gasteiger partial charge in [0.2, 0.25) is 11.8 Å². The highest BCUT2D eigenvalue weighted by Crippen LogP contribution is 2.48. The van der Waals surface area contributed by atoms with Crippen LogP contribution in [0.5, 0.6) is 0 Å². The highest BCUT2D eigenvalue weighted by atomic mass is 79.9. The lowest BCUT2D eigenvalue weighted by atomic mass is 9.78. The maximum atomic E-state index is 13.8. The topological polar surface area (TPSA) is 112 Å². The third-order valence-corrected chi connectivity index (χ3v) is 9.62. The Labute approximate surface area is 250 Å². The van der Waals surface area contributed by atoms with E-state index in [2.05, 4.69) is 31.9 Å². The molecule has 2 aromatic carbocycles. The molecule has 4 heterocycles. The highest BCUT2D eigenvalue weighted by molar-refractivity contribution is 9.10. The molecule has 1 unspecified atom stereocenters. The van der Waals surface area contributed by atoms with E-state index in [0.717, 1.165) is 22.5 Å². The van der Waals surface area contributed by atoms with E-state index in [1.807, 2.05) is 36.4 Å². The molecule has 1 fully saturated rings. The van der Waals surface area contributed by atoms with Crippen LogP contribution in [0.25, 0.3) is 0 Å². The van der Waals surface area contributed by atoms with Crippen molar-refractivity contribution >= 4 is 56.8 Å². The van der Waals surface area contributed by atoms with Crippen molar-refractivity contribution < 1.29 is 19.1 Å². The third kappa shape index (κ3) is 4.23. The Morgan fingerprint density at radius 2 is 1.95 bits per heavy atom. The average molecular weight is 637 g/mol. The zero-order valence-electron chi connectivity index (χ0n) is 22.1. The van der Waals surface area contributed by atoms with Gasteiger partial charge in [-0.15, -0.1) is 0 Å². The zero-order chi connectivity index (χ0) is 28.4. The van der Waals surface area contributed by atoms with Crippen LogP contribution in [0.4, 0.5) is 5.69 Å². The summed E-state index contributed by atoms with van der Waals surface area (Å²) in [6, 6.07) is 11.1. The van der Waals surface area contributed by atoms with Gasteiger partial charge in [0.1, 0.15) is 23.7 Å². The number of aliphatic imine (C=N–C) groups is 1. The number of benzene rings is 2. The number of amidine groups is 1. The minimum absolute atomic E-state index is 0.00419. The first-order valence-corrected chi connectivity index (χ1v) is 14.8. The second-order valence-corrected chi connectivity index (χ2v) is 12.3. The van der Waals surface area contributed by atoms with E-state index < -0.39 is 11.0 Å². The second kappa shape index (κ2) is 9.82. The van der Waals surface area contributed by atoms with Gasteiger partial charge in [0, 0.05) is 53.9 Å². The number of nitrogens with one attached hydrogen (secondary N) is 3. The van der Waals surface area contributed by atoms with Crippen molar-refractivity contribution in [2.24, 2.45) is 10.4 Å². The molecule has 0 saturated carbocycles. The van der Waals surface area contributed by atoms with Crippen molar-refractivity contribution in [3.63, 3.8) is 0 Å². The minimum atomic E-state index is -0.966. The van der Waals surface area contributed by atoms with Crippen LogP contribution in [0, 0.1) is 5.41 Å². The van der Waals surface area contributed by atoms with Gasteiger partial charge in [0.25, 0.3) is 5.91 Å². The van der Waals surface area contributed by atoms with Gasteiger partial charge in [-0.2, -0.15) is 0 Å². The summed E-state index contributed by atoms with van der Waals surface area (Å²) in [5.74, 6) is 0.591. The van der Waals surface area contributed by atoms with Crippen LogP contribution in [-0.4, -0.2) is 60.3 Å². The predicted octanol–water partition coefficient (Wildman–Crippen LogP) is 3.47. The number of dihydropyridines is 1. The molecule has 1 aliphatic carbocycles. The lowest BCUT2D eigenvalue weighted by molar-refractivity contribution is -0.136. The minimum Gasteiger partial charge on any atom is -0.381 e. The van der Waals surface area contributed by atoms with E-state index in [0.29, 0.717) is 72.0 Å². The van der Waals surface area contributed by atoms with Crippen LogP contribution in [0.1, 0.15) is 29.5 Å². The SMILES string of the molecule is O=C(CN1C(=O)C2(CCOCC2)N=C1c1c(Cl)cccc1Br)Nc1ccc2c(c1)CC1(C2)C(=O)NC2=C1C=CCN2. The predicted molar refractivity (Wildman–Crippen MR) is 157 cm³/mol. The summed E-state index contributed by atoms with van der Waals surface area (Å²) in [5, 5.41) is 9.65. The van der Waals surface area contributed by atoms with Crippen molar-refractivity contribution in [1.29, 1.82) is 0 Å². The summed E-state index contributed by atoms with van der Waals surface area (Å²) in [6.07, 6.45) is 6.10. The van der Waals surface area contributed by atoms with Gasteiger partial charge in [0.05, 0.1) is 10.4 Å². The number of halogens is 2. The molecule has 7 rings (SSSR count). The molecule has 210 valence electrons. The molecule has 5 aliphatic rings. The molecule has 9 nitrogen and oxygen atoms in total. The number of carbonyl (C=O) groups is 3. The molecule has 0 aromatic heterocycles. The number of ether oxygens (including phenoxy) is 1. The molecule has 3 amide bonds. The van der Waals surface area contributed by atoms with Gasteiger partial charge in [-0.1, -0.05) is 35.9 Å². The van der Waals surface area contributed by atoms with Gasteiger partial charge in [-0.3, -0.25) is 24.3 Å². The van der Waals surface area contributed by atoms with Crippen LogP contribution >= 0.6 is 27.5 Å². The molecule has 2 aromatic rings. The molecule has 11 heteroatoms. The largest absolute Gasteiger partial charge is 0.381 e. The normalized spacial score (nSPS) is 24.0. The van der Waals surface area contributed by atoms with Crippen molar-refractivity contribution in [2.45, 2.75) is 31.2 Å². The highest BCUT2D eigenvalue weighted by Gasteiger charge is 2.52. The molecule has 41 heavy (non-hydrogen) atoms. The summed E-state index contributed by atoms with van der Waals surface area (Å²) in [6.45, 7) is 1.32. The molecule has 0 bridgehead atoms. The lowest BCUT2D eigenvalue weighted by Gasteiger charge is -2.29. The summed E-state index contributed by atoms with van der Waals surface area (Å²) in [5.41, 5.74) is 2.68. The van der Waals surface area contributed by atoms with Crippen molar-refractivity contribution in [1.82, 2.24) is 15.5 Å². The maximum absolute atomic E-state index is 13.8. The first kappa shape index (κ1) is 26.4. The van der Waals surface area contributed by atoms with Crippen molar-refractivity contribution in [3.05, 3.63) is 86.1 Å². The average Bonchev–Trinajstić information content (AvgIpc) is 3.55. The maximum Gasteiger partial charge on any atom is 0.256 e. The zero-order valence-corrected chi connectivity index (χ0v) is 24.4. The molecule has 4 aliphatic heterocycles. The van der Waals surface area contributed by atoms with Crippen LogP contribution in [0.2, 0.25) is 5.02 Å². The smallest absolute Gasteiger partial charge is 0.256 e. The summed E-state index contributed by atoms with van der Waals surface area (Å²) >= 11 is 10.1. The van der Waals surface area contributed by atoms with Gasteiger partial charge in [-0.25, -0.2) is 0 Å². The number of hydrogen-bond acceptors (Lipinski definition) is 6. The number of hydrogen-bond donors (Lipinski definition) is 3. The summed E-state index contributed by atoms with van der Waals surface area (Å²) in [7, 11) is 0. The van der Waals surface area contributed by atoms with E-state index in [9.17, 15) is 14.4 Å². The third-order valence-electron chi connectivity index (χ3n) is 8.64. The monoisotopic (exact) mass is 635 g/mol. The van der Waals surface area contributed by atoms with Crippen molar-refractivity contribution in [3.8, 4) is 0 Å². The fourth-order valence-corrected chi connectivity index (χ4v) is 7.49. The number of amides is 3. The molecule has 1 atom stereocenters. The Bertz CT molecular complexity index is 1590. The first-order chi connectivity index (χ1) is 19.8. The lowest BCUT2D eigenvalue weighted by Crippen LogP contribution is -2.48. The van der Waals surface area contributed by atoms with Crippen molar-refractivity contribution in [2.75, 3.05) is 31.6 Å². The molecule has 3 N–H and O–H groups in total. The molecular weight excluding hydrogens is 610 g/mol. The molecule has 2 spiro atoms. The Balaban J connectivity index is 1.13. The van der Waals surface area contributed by atoms with Crippen LogP contribution in [0.3, 0.4) is 0 Å². The first-order valence-electron chi connectivity index (χ1n) is 13.6. The number of carbonyl (C=O) groups excluding carboxylic acids is 3. The fraction of sp³-hybridized carbons (Fsp3) is 0.333. The van der Waals surface area contributed by atoms with Crippen LogP contribution in [-0.2, 0) is 32.0 Å². The molecule has 1 saturated heterocycles. The molecule has 0 radical (unpaired) electrons. The number of nitrogens with zero attached hydrogens (tertiary/aromatic N) is 2. The van der Waals surface area contributed by atoms with E-state index >= 15 is 0 Å². The van der Waals surface area contributed by atoms with Gasteiger partial charge in [0.15, 0.2) is 0 Å². The number of rotatable bonds is 4. The Kier molecular flexibility index (Phi) is 6.33. The molecular formula is C30H27BrClN5O4. The van der Waals surface area contributed by atoms with Gasteiger partial charge < -0.3 is 20.7 Å². The number of anilines is 1. The van der Waals surface area contributed by atoms with Crippen LogP contribution in [0.15, 0.2) is 69.4 Å². The van der Waals surface area contributed by atoms with E-state index in [-0.39, 0.29) is 24.3 Å². The van der Waals surface area contributed by atoms with E-state index in [1.165, 1.54) is 4.90 Å². The summed E-state index contributed by atoms with van der Waals surface area (Å²) < 4.78 is 6.20. The number of allylic oxidation sites excluding steroid dienone is 1. The fourth-order valence-electron chi connectivity index (χ4n) is 6.57. The Morgan fingerprint density at radius 3 is 2.76 bits per heavy atom. The second-order valence-electron chi connectivity index (χ2n) is 11.1. The number of fused-ring (bicyclic) bond motifs is 2. The Morgan fingerprint density at radius 1 is 1.15 bits per heavy atom. The summed E-state index contributed by atoms with van der Waals surface area (Å²) in [4.78, 5) is 46.6. The Hall–Kier alpha value is -3.47. The van der Waals surface area contributed by atoms with E-state index in [4.69, 9.17) is 21.3 Å². The van der Waals surface area contributed by atoms with Gasteiger partial charge >= 0.3 is 0 Å². The quantitative estimate of drug-likeness (QED) is 0.476. The van der Waals surface area contributed by atoms with Gasteiger partial charge in [-0.05, 0) is 64.2 Å².